The Morgan fingerprint density at radius 3 is 2.64 bits per heavy atom. The number of nitrogens with zero attached hydrogens (tertiary/aromatic N) is 2. The lowest BCUT2D eigenvalue weighted by molar-refractivity contribution is -0.128. The molecule has 134 valence electrons. The quantitative estimate of drug-likeness (QED) is 0.529. The zero-order valence-corrected chi connectivity index (χ0v) is 15.0. The van der Waals surface area contributed by atoms with E-state index in [0.29, 0.717) is 28.3 Å². The van der Waals surface area contributed by atoms with Crippen LogP contribution in [0.3, 0.4) is 0 Å². The van der Waals surface area contributed by atoms with Gasteiger partial charge >= 0.3 is 0 Å². The summed E-state index contributed by atoms with van der Waals surface area (Å²) in [7, 11) is 0. The maximum atomic E-state index is 11.7. The number of halogens is 1. The van der Waals surface area contributed by atoms with E-state index in [2.05, 4.69) is 21.0 Å². The summed E-state index contributed by atoms with van der Waals surface area (Å²) in [6, 6.07) is 6.58. The molecule has 0 aliphatic carbocycles. The first-order valence-electron chi connectivity index (χ1n) is 7.48. The van der Waals surface area contributed by atoms with Gasteiger partial charge in [0.05, 0.1) is 5.75 Å². The van der Waals surface area contributed by atoms with Crippen LogP contribution in [-0.2, 0) is 16.0 Å². The van der Waals surface area contributed by atoms with Crippen LogP contribution in [0.25, 0.3) is 0 Å². The molecule has 25 heavy (non-hydrogen) atoms. The lowest BCUT2D eigenvalue weighted by atomic mass is 10.3. The summed E-state index contributed by atoms with van der Waals surface area (Å²) in [5.74, 6) is 0.182. The number of aryl methyl sites for hydroxylation is 1. The van der Waals surface area contributed by atoms with Gasteiger partial charge in [-0.25, -0.2) is 0 Å². The first-order chi connectivity index (χ1) is 12.1. The maximum Gasteiger partial charge on any atom is 0.277 e. The van der Waals surface area contributed by atoms with Gasteiger partial charge in [-0.15, -0.1) is 10.2 Å². The van der Waals surface area contributed by atoms with Gasteiger partial charge in [-0.1, -0.05) is 30.3 Å². The van der Waals surface area contributed by atoms with E-state index < -0.39 is 11.8 Å². The Balaban J connectivity index is 1.63. The Labute approximate surface area is 153 Å². The van der Waals surface area contributed by atoms with Crippen LogP contribution in [0.4, 0.5) is 0 Å². The van der Waals surface area contributed by atoms with E-state index in [1.54, 1.807) is 24.3 Å². The van der Waals surface area contributed by atoms with Crippen LogP contribution in [0.5, 0.6) is 5.75 Å². The second-order valence-electron chi connectivity index (χ2n) is 4.84. The average Bonchev–Trinajstić information content (AvgIpc) is 3.05. The van der Waals surface area contributed by atoms with Crippen molar-refractivity contribution in [1.29, 1.82) is 0 Å². The molecule has 1 heterocycles. The summed E-state index contributed by atoms with van der Waals surface area (Å²) in [6.45, 7) is 1.77. The maximum absolute atomic E-state index is 11.7. The number of aromatic nitrogens is 2. The number of carbonyl (C=O) groups is 2. The van der Waals surface area contributed by atoms with Gasteiger partial charge in [0.2, 0.25) is 11.8 Å². The van der Waals surface area contributed by atoms with Crippen molar-refractivity contribution in [3.8, 4) is 5.75 Å². The molecule has 1 aromatic carbocycles. The molecular formula is C15H17ClN4O4S. The first-order valence-corrected chi connectivity index (χ1v) is 8.84. The van der Waals surface area contributed by atoms with Gasteiger partial charge in [0, 0.05) is 11.4 Å². The highest BCUT2D eigenvalue weighted by Crippen LogP contribution is 2.16. The molecule has 0 aliphatic heterocycles. The number of hydrogen-bond donors (Lipinski definition) is 2. The van der Waals surface area contributed by atoms with Gasteiger partial charge < -0.3 is 9.15 Å². The van der Waals surface area contributed by atoms with Crippen LogP contribution in [0.2, 0.25) is 5.02 Å². The third-order valence-electron chi connectivity index (χ3n) is 2.76. The van der Waals surface area contributed by atoms with Crippen LogP contribution in [-0.4, -0.2) is 34.4 Å². The van der Waals surface area contributed by atoms with E-state index in [9.17, 15) is 9.59 Å². The van der Waals surface area contributed by atoms with Crippen LogP contribution in [0, 0.1) is 0 Å². The number of carbonyl (C=O) groups excluding carboxylic acids is 2. The number of hydrogen-bond acceptors (Lipinski definition) is 7. The first kappa shape index (κ1) is 19.1. The zero-order valence-electron chi connectivity index (χ0n) is 13.5. The third-order valence-corrected chi connectivity index (χ3v) is 3.83. The number of hydrazine groups is 1. The number of thioether (sulfide) groups is 1. The van der Waals surface area contributed by atoms with E-state index in [0.717, 1.165) is 18.2 Å². The second-order valence-corrected chi connectivity index (χ2v) is 6.20. The predicted octanol–water partition coefficient (Wildman–Crippen LogP) is 1.99. The van der Waals surface area contributed by atoms with Crippen molar-refractivity contribution >= 4 is 35.2 Å². The lowest BCUT2D eigenvalue weighted by Crippen LogP contribution is -2.44. The van der Waals surface area contributed by atoms with Crippen molar-refractivity contribution in [2.75, 3.05) is 12.4 Å². The fraction of sp³-hybridized carbons (Fsp3) is 0.333. The standard InChI is InChI=1S/C15H17ClN4O4S/c1-2-3-14-19-20-15(24-14)25-9-13(22)18-17-12(21)8-23-11-6-4-10(16)5-7-11/h4-7H,2-3,8-9H2,1H3,(H,17,21)(H,18,22). The van der Waals surface area contributed by atoms with E-state index in [-0.39, 0.29) is 12.4 Å². The van der Waals surface area contributed by atoms with Crippen molar-refractivity contribution in [1.82, 2.24) is 21.0 Å². The molecule has 0 aliphatic rings. The van der Waals surface area contributed by atoms with Gasteiger partial charge in [0.25, 0.3) is 11.1 Å². The molecule has 0 fully saturated rings. The Hall–Kier alpha value is -2.26. The highest BCUT2D eigenvalue weighted by Gasteiger charge is 2.10. The van der Waals surface area contributed by atoms with Crippen molar-refractivity contribution in [2.24, 2.45) is 0 Å². The number of amides is 2. The number of nitrogens with one attached hydrogen (secondary N) is 2. The topological polar surface area (TPSA) is 106 Å². The van der Waals surface area contributed by atoms with Gasteiger partial charge in [-0.3, -0.25) is 20.4 Å². The highest BCUT2D eigenvalue weighted by molar-refractivity contribution is 7.99. The summed E-state index contributed by atoms with van der Waals surface area (Å²) in [6.07, 6.45) is 1.60. The zero-order chi connectivity index (χ0) is 18.1. The molecule has 0 saturated heterocycles. The summed E-state index contributed by atoms with van der Waals surface area (Å²) in [5, 5.41) is 8.56. The average molecular weight is 385 g/mol. The minimum atomic E-state index is -0.490. The number of rotatable bonds is 8. The van der Waals surface area contributed by atoms with Crippen molar-refractivity contribution in [3.05, 3.63) is 35.2 Å². The molecule has 0 atom stereocenters. The van der Waals surface area contributed by atoms with Gasteiger partial charge in [-0.05, 0) is 30.7 Å². The van der Waals surface area contributed by atoms with E-state index in [1.807, 2.05) is 6.92 Å². The molecule has 1 aromatic heterocycles. The molecule has 8 nitrogen and oxygen atoms in total. The molecule has 0 radical (unpaired) electrons. The van der Waals surface area contributed by atoms with Crippen molar-refractivity contribution < 1.29 is 18.7 Å². The van der Waals surface area contributed by atoms with E-state index >= 15 is 0 Å². The van der Waals surface area contributed by atoms with Gasteiger partial charge in [0.1, 0.15) is 5.75 Å². The fourth-order valence-electron chi connectivity index (χ4n) is 1.63. The van der Waals surface area contributed by atoms with Crippen LogP contribution < -0.4 is 15.6 Å². The summed E-state index contributed by atoms with van der Waals surface area (Å²) < 4.78 is 10.6. The van der Waals surface area contributed by atoms with Crippen LogP contribution >= 0.6 is 23.4 Å². The lowest BCUT2D eigenvalue weighted by Gasteiger charge is -2.08. The van der Waals surface area contributed by atoms with Crippen LogP contribution in [0.1, 0.15) is 19.2 Å². The molecule has 2 aromatic rings. The van der Waals surface area contributed by atoms with E-state index in [4.69, 9.17) is 20.8 Å². The smallest absolute Gasteiger partial charge is 0.277 e. The number of ether oxygens (including phenoxy) is 1. The molecule has 0 unspecified atom stereocenters. The monoisotopic (exact) mass is 384 g/mol. The molecule has 10 heteroatoms. The minimum absolute atomic E-state index is 0.0338. The second kappa shape index (κ2) is 9.90. The Morgan fingerprint density at radius 2 is 1.92 bits per heavy atom. The largest absolute Gasteiger partial charge is 0.484 e. The van der Waals surface area contributed by atoms with Gasteiger partial charge in [0.15, 0.2) is 6.61 Å². The SMILES string of the molecule is CCCc1nnc(SCC(=O)NNC(=O)COc2ccc(Cl)cc2)o1. The van der Waals surface area contributed by atoms with Crippen LogP contribution in [0.15, 0.2) is 33.9 Å². The third kappa shape index (κ3) is 7.02. The minimum Gasteiger partial charge on any atom is -0.484 e. The van der Waals surface area contributed by atoms with E-state index in [1.165, 1.54) is 0 Å². The number of benzene rings is 1. The molecule has 0 spiro atoms. The van der Waals surface area contributed by atoms with Crippen molar-refractivity contribution in [2.45, 2.75) is 25.0 Å². The summed E-state index contributed by atoms with van der Waals surface area (Å²) >= 11 is 6.84. The summed E-state index contributed by atoms with van der Waals surface area (Å²) in [4.78, 5) is 23.3. The van der Waals surface area contributed by atoms with Gasteiger partial charge in [-0.2, -0.15) is 0 Å². The highest BCUT2D eigenvalue weighted by atomic mass is 35.5. The molecule has 2 rings (SSSR count). The molecule has 0 bridgehead atoms. The fourth-order valence-corrected chi connectivity index (χ4v) is 2.34. The molecular weight excluding hydrogens is 368 g/mol. The Kier molecular flexibility index (Phi) is 7.55. The Bertz CT molecular complexity index is 708. The molecule has 0 saturated carbocycles. The molecule has 2 N–H and O–H groups in total. The normalized spacial score (nSPS) is 10.3. The predicted molar refractivity (Wildman–Crippen MR) is 92.2 cm³/mol. The summed E-state index contributed by atoms with van der Waals surface area (Å²) in [5.41, 5.74) is 4.54. The molecule has 2 amide bonds. The Morgan fingerprint density at radius 1 is 1.20 bits per heavy atom. The van der Waals surface area contributed by atoms with Crippen molar-refractivity contribution in [3.63, 3.8) is 0 Å².